The Hall–Kier alpha value is -2.46. The molecule has 0 aliphatic heterocycles. The summed E-state index contributed by atoms with van der Waals surface area (Å²) in [5, 5.41) is 0.725. The van der Waals surface area contributed by atoms with Crippen LogP contribution in [0.25, 0.3) is 0 Å². The third-order valence-corrected chi connectivity index (χ3v) is 5.44. The van der Waals surface area contributed by atoms with Gasteiger partial charge in [-0.15, -0.1) is 0 Å². The summed E-state index contributed by atoms with van der Waals surface area (Å²) in [6.07, 6.45) is 2.97. The van der Waals surface area contributed by atoms with Crippen LogP contribution in [0, 0.1) is 0 Å². The van der Waals surface area contributed by atoms with Gasteiger partial charge in [-0.25, -0.2) is 4.98 Å². The van der Waals surface area contributed by atoms with Crippen molar-refractivity contribution in [1.82, 2.24) is 4.98 Å². The molecule has 25 heavy (non-hydrogen) atoms. The van der Waals surface area contributed by atoms with Crippen molar-refractivity contribution in [1.29, 1.82) is 0 Å². The van der Waals surface area contributed by atoms with Crippen LogP contribution in [-0.4, -0.2) is 16.6 Å². The molecule has 3 rings (SSSR count). The van der Waals surface area contributed by atoms with E-state index in [1.54, 1.807) is 20.0 Å². The van der Waals surface area contributed by atoms with E-state index in [4.69, 9.17) is 0 Å². The molecular weight excluding hydrogens is 330 g/mol. The molecule has 0 radical (unpaired) electrons. The van der Waals surface area contributed by atoms with Gasteiger partial charge in [0.05, 0.1) is 4.91 Å². The lowest BCUT2D eigenvalue weighted by molar-refractivity contribution is -0.116. The molecule has 0 spiro atoms. The van der Waals surface area contributed by atoms with E-state index in [1.807, 2.05) is 48.5 Å². The Morgan fingerprint density at radius 1 is 0.840 bits per heavy atom. The van der Waals surface area contributed by atoms with Crippen LogP contribution in [0.4, 0.5) is 0 Å². The average Bonchev–Trinajstić information content (AvgIpc) is 2.66. The van der Waals surface area contributed by atoms with Crippen LogP contribution in [0.2, 0.25) is 0 Å². The smallest absolute Gasteiger partial charge is 0.196 e. The molecule has 3 nitrogen and oxygen atoms in total. The molecule has 1 aromatic carbocycles. The number of nitrogens with zero attached hydrogens (tertiary/aromatic N) is 1. The first kappa shape index (κ1) is 17.4. The third kappa shape index (κ3) is 3.80. The van der Waals surface area contributed by atoms with Crippen molar-refractivity contribution in [3.05, 3.63) is 81.9 Å². The second-order valence-corrected chi connectivity index (χ2v) is 7.00. The summed E-state index contributed by atoms with van der Waals surface area (Å²) in [6, 6.07) is 15.6. The summed E-state index contributed by atoms with van der Waals surface area (Å²) >= 11 is 1.29. The van der Waals surface area contributed by atoms with Crippen molar-refractivity contribution < 1.29 is 9.59 Å². The number of allylic oxidation sites excluding steroid dienone is 4. The molecule has 4 heteroatoms. The fraction of sp³-hybridized carbons (Fsp3) is 0.190. The molecule has 0 saturated heterocycles. The Bertz CT molecular complexity index is 867. The Morgan fingerprint density at radius 2 is 1.52 bits per heavy atom. The van der Waals surface area contributed by atoms with Gasteiger partial charge in [-0.2, -0.15) is 0 Å². The molecule has 1 aliphatic rings. The summed E-state index contributed by atoms with van der Waals surface area (Å²) in [5.74, 6) is -0.0812. The van der Waals surface area contributed by atoms with Crippen molar-refractivity contribution >= 4 is 23.3 Å². The number of hydrogen-bond acceptors (Lipinski definition) is 4. The van der Waals surface area contributed by atoms with Crippen LogP contribution >= 0.6 is 11.8 Å². The lowest BCUT2D eigenvalue weighted by Gasteiger charge is -2.20. The fourth-order valence-corrected chi connectivity index (χ4v) is 3.77. The van der Waals surface area contributed by atoms with Crippen LogP contribution in [0.15, 0.2) is 81.4 Å². The molecule has 0 N–H and O–H groups in total. The van der Waals surface area contributed by atoms with Crippen molar-refractivity contribution in [2.24, 2.45) is 0 Å². The molecule has 126 valence electrons. The molecule has 1 heterocycles. The van der Waals surface area contributed by atoms with Crippen LogP contribution in [-0.2, 0) is 16.0 Å². The number of aromatic nitrogens is 1. The van der Waals surface area contributed by atoms with E-state index >= 15 is 0 Å². The van der Waals surface area contributed by atoms with Crippen LogP contribution in [0.3, 0.4) is 0 Å². The highest BCUT2D eigenvalue weighted by Crippen LogP contribution is 2.36. The monoisotopic (exact) mass is 349 g/mol. The van der Waals surface area contributed by atoms with Gasteiger partial charge in [0.2, 0.25) is 0 Å². The molecule has 0 amide bonds. The number of hydrogen-bond donors (Lipinski definition) is 0. The van der Waals surface area contributed by atoms with Crippen molar-refractivity contribution in [2.45, 2.75) is 31.7 Å². The maximum absolute atomic E-state index is 12.8. The van der Waals surface area contributed by atoms with Gasteiger partial charge in [0.25, 0.3) is 0 Å². The number of Topliss-reactive ketones (excluding diaryl/α,β-unsaturated/α-hetero) is 2. The Kier molecular flexibility index (Phi) is 5.29. The van der Waals surface area contributed by atoms with E-state index in [9.17, 15) is 9.59 Å². The molecule has 0 fully saturated rings. The van der Waals surface area contributed by atoms with Gasteiger partial charge in [-0.3, -0.25) is 9.59 Å². The highest BCUT2D eigenvalue weighted by atomic mass is 32.2. The van der Waals surface area contributed by atoms with Gasteiger partial charge in [0, 0.05) is 22.9 Å². The van der Waals surface area contributed by atoms with Gasteiger partial charge in [-0.1, -0.05) is 48.2 Å². The predicted molar refractivity (Wildman–Crippen MR) is 100 cm³/mol. The van der Waals surface area contributed by atoms with Gasteiger partial charge >= 0.3 is 0 Å². The topological polar surface area (TPSA) is 47.0 Å². The highest BCUT2D eigenvalue weighted by molar-refractivity contribution is 8.04. The van der Waals surface area contributed by atoms with Crippen molar-refractivity contribution in [2.75, 3.05) is 0 Å². The predicted octanol–water partition coefficient (Wildman–Crippen LogP) is 4.55. The number of ketones is 2. The number of rotatable bonds is 5. The van der Waals surface area contributed by atoms with E-state index in [0.717, 1.165) is 17.0 Å². The number of aryl methyl sites for hydroxylation is 1. The van der Waals surface area contributed by atoms with Gasteiger partial charge < -0.3 is 0 Å². The normalized spacial score (nSPS) is 15.1. The number of benzene rings is 1. The minimum Gasteiger partial charge on any atom is -0.289 e. The molecular formula is C21H19NO2S. The Labute approximate surface area is 151 Å². The number of pyridine rings is 1. The van der Waals surface area contributed by atoms with E-state index < -0.39 is 0 Å². The summed E-state index contributed by atoms with van der Waals surface area (Å²) in [5.41, 5.74) is 2.85. The zero-order chi connectivity index (χ0) is 17.8. The van der Waals surface area contributed by atoms with Crippen LogP contribution in [0.1, 0.15) is 25.8 Å². The third-order valence-electron chi connectivity index (χ3n) is 4.35. The first-order valence-corrected chi connectivity index (χ1v) is 9.02. The van der Waals surface area contributed by atoms with E-state index in [2.05, 4.69) is 4.98 Å². The second kappa shape index (κ2) is 7.62. The Morgan fingerprint density at radius 3 is 2.20 bits per heavy atom. The molecule has 0 atom stereocenters. The minimum absolute atomic E-state index is 0.0218. The largest absolute Gasteiger partial charge is 0.289 e. The summed E-state index contributed by atoms with van der Waals surface area (Å²) in [6.45, 7) is 3.46. The highest BCUT2D eigenvalue weighted by Gasteiger charge is 2.30. The molecule has 1 aromatic heterocycles. The average molecular weight is 349 g/mol. The molecule has 0 saturated carbocycles. The van der Waals surface area contributed by atoms with Crippen molar-refractivity contribution in [3.8, 4) is 0 Å². The van der Waals surface area contributed by atoms with E-state index in [1.165, 1.54) is 11.8 Å². The Balaban J connectivity index is 1.94. The zero-order valence-electron chi connectivity index (χ0n) is 14.3. The molecule has 1 aliphatic carbocycles. The van der Waals surface area contributed by atoms with Crippen LogP contribution < -0.4 is 0 Å². The van der Waals surface area contributed by atoms with E-state index in [-0.39, 0.29) is 11.6 Å². The molecule has 0 unspecified atom stereocenters. The first-order valence-electron chi connectivity index (χ1n) is 8.20. The number of carbonyl (C=O) groups excluding carboxylic acids is 2. The van der Waals surface area contributed by atoms with Crippen LogP contribution in [0.5, 0.6) is 0 Å². The second-order valence-electron chi connectivity index (χ2n) is 5.97. The molecule has 2 aromatic rings. The summed E-state index contributed by atoms with van der Waals surface area (Å²) in [7, 11) is 0. The van der Waals surface area contributed by atoms with Crippen molar-refractivity contribution in [3.63, 3.8) is 0 Å². The quantitative estimate of drug-likeness (QED) is 0.743. The fourth-order valence-electron chi connectivity index (χ4n) is 2.74. The van der Waals surface area contributed by atoms with Gasteiger partial charge in [0.1, 0.15) is 5.03 Å². The lowest BCUT2D eigenvalue weighted by Crippen LogP contribution is -2.21. The maximum Gasteiger partial charge on any atom is 0.196 e. The zero-order valence-corrected chi connectivity index (χ0v) is 15.1. The van der Waals surface area contributed by atoms with E-state index in [0.29, 0.717) is 28.0 Å². The lowest BCUT2D eigenvalue weighted by atomic mass is 9.88. The summed E-state index contributed by atoms with van der Waals surface area (Å²) in [4.78, 5) is 30.4. The first-order chi connectivity index (χ1) is 12.1. The van der Waals surface area contributed by atoms with Gasteiger partial charge in [0.15, 0.2) is 11.6 Å². The molecule has 0 bridgehead atoms. The SMILES string of the molecule is CC1=C(C)C(=O)C(Sc2ccccn2)=C(CCc2ccccc2)C1=O. The summed E-state index contributed by atoms with van der Waals surface area (Å²) < 4.78 is 0. The maximum atomic E-state index is 12.8. The minimum atomic E-state index is -0.0594. The van der Waals surface area contributed by atoms with Gasteiger partial charge in [-0.05, 0) is 44.4 Å². The number of thioether (sulfide) groups is 1. The number of carbonyl (C=O) groups is 2. The standard InChI is InChI=1S/C21H19NO2S/c1-14-15(2)20(24)21(25-18-10-6-7-13-22-18)17(19(14)23)12-11-16-8-4-3-5-9-16/h3-10,13H,11-12H2,1-2H3.